The largest absolute Gasteiger partial charge is 0.487 e. The summed E-state index contributed by atoms with van der Waals surface area (Å²) in [7, 11) is 0. The average Bonchev–Trinajstić information content (AvgIpc) is 2.62. The number of piperidine rings is 1. The lowest BCUT2D eigenvalue weighted by Gasteiger charge is -2.33. The van der Waals surface area contributed by atoms with Gasteiger partial charge in [-0.15, -0.1) is 0 Å². The lowest BCUT2D eigenvalue weighted by atomic mass is 10.1. The second-order valence-electron chi connectivity index (χ2n) is 5.66. The fourth-order valence-electron chi connectivity index (χ4n) is 2.72. The Morgan fingerprint density at radius 3 is 2.80 bits per heavy atom. The van der Waals surface area contributed by atoms with Crippen molar-refractivity contribution >= 4 is 17.5 Å². The number of amides is 1. The van der Waals surface area contributed by atoms with Gasteiger partial charge in [0.2, 0.25) is 0 Å². The van der Waals surface area contributed by atoms with Crippen LogP contribution in [-0.2, 0) is 0 Å². The molecule has 2 aromatic rings. The van der Waals surface area contributed by atoms with E-state index in [-0.39, 0.29) is 12.6 Å². The number of hydrogen-bond acceptors (Lipinski definition) is 3. The van der Waals surface area contributed by atoms with Crippen LogP contribution in [0.2, 0.25) is 5.02 Å². The van der Waals surface area contributed by atoms with Gasteiger partial charge >= 0.3 is 0 Å². The minimum Gasteiger partial charge on any atom is -0.487 e. The number of ether oxygens (including phenoxy) is 1. The third kappa shape index (κ3) is 3.71. The number of benzene rings is 1. The Morgan fingerprint density at radius 2 is 2.04 bits per heavy atom. The number of rotatable bonds is 3. The quantitative estimate of drug-likeness (QED) is 0.771. The van der Waals surface area contributed by atoms with E-state index in [0.29, 0.717) is 30.2 Å². The van der Waals surface area contributed by atoms with Crippen molar-refractivity contribution in [2.45, 2.75) is 18.9 Å². The second kappa shape index (κ2) is 7.31. The molecular formula is C17H14ClF3N2O2. The van der Waals surface area contributed by atoms with E-state index < -0.39 is 28.9 Å². The predicted molar refractivity (Wildman–Crippen MR) is 85.1 cm³/mol. The van der Waals surface area contributed by atoms with Gasteiger partial charge in [0, 0.05) is 25.0 Å². The summed E-state index contributed by atoms with van der Waals surface area (Å²) in [5, 5.41) is 0.345. The van der Waals surface area contributed by atoms with E-state index in [9.17, 15) is 18.0 Å². The standard InChI is InChI=1S/C17H14ClF3N2O2/c18-12-8-22-6-5-14(12)25-10-2-1-7-23(9-10)17(24)11-3-4-13(19)16(21)15(11)20/h3-6,8,10H,1-2,7,9H2/t10-/m0/s1. The topological polar surface area (TPSA) is 42.4 Å². The molecule has 25 heavy (non-hydrogen) atoms. The third-order valence-electron chi connectivity index (χ3n) is 3.96. The maximum atomic E-state index is 13.8. The van der Waals surface area contributed by atoms with Crippen LogP contribution in [0, 0.1) is 17.5 Å². The average molecular weight is 371 g/mol. The predicted octanol–water partition coefficient (Wildman–Crippen LogP) is 3.84. The molecule has 1 aromatic heterocycles. The first-order chi connectivity index (χ1) is 12.0. The highest BCUT2D eigenvalue weighted by Crippen LogP contribution is 2.26. The summed E-state index contributed by atoms with van der Waals surface area (Å²) >= 11 is 6.00. The molecule has 0 bridgehead atoms. The Hall–Kier alpha value is -2.28. The normalized spacial score (nSPS) is 17.4. The molecule has 2 heterocycles. The van der Waals surface area contributed by atoms with E-state index >= 15 is 0 Å². The lowest BCUT2D eigenvalue weighted by Crippen LogP contribution is -2.44. The first-order valence-electron chi connectivity index (χ1n) is 7.66. The van der Waals surface area contributed by atoms with Gasteiger partial charge in [-0.3, -0.25) is 9.78 Å². The molecule has 1 fully saturated rings. The van der Waals surface area contributed by atoms with Crippen LogP contribution in [-0.4, -0.2) is 35.0 Å². The maximum absolute atomic E-state index is 13.8. The van der Waals surface area contributed by atoms with Gasteiger partial charge in [-0.2, -0.15) is 0 Å². The van der Waals surface area contributed by atoms with Gasteiger partial charge in [-0.05, 0) is 25.0 Å². The van der Waals surface area contributed by atoms with Crippen molar-refractivity contribution in [1.82, 2.24) is 9.88 Å². The Bertz CT molecular complexity index is 803. The van der Waals surface area contributed by atoms with Gasteiger partial charge in [0.05, 0.1) is 12.1 Å². The summed E-state index contributed by atoms with van der Waals surface area (Å²) in [5.41, 5.74) is -0.499. The summed E-state index contributed by atoms with van der Waals surface area (Å²) in [6.07, 6.45) is 3.95. The molecule has 0 N–H and O–H groups in total. The number of halogens is 4. The molecule has 0 saturated carbocycles. The second-order valence-corrected chi connectivity index (χ2v) is 6.07. The smallest absolute Gasteiger partial charge is 0.257 e. The molecule has 1 amide bonds. The van der Waals surface area contributed by atoms with Crippen LogP contribution in [0.25, 0.3) is 0 Å². The number of nitrogens with zero attached hydrogens (tertiary/aromatic N) is 2. The zero-order chi connectivity index (χ0) is 18.0. The fraction of sp³-hybridized carbons (Fsp3) is 0.294. The van der Waals surface area contributed by atoms with Gasteiger partial charge in [0.25, 0.3) is 5.91 Å². The third-order valence-corrected chi connectivity index (χ3v) is 4.24. The summed E-state index contributed by atoms with van der Waals surface area (Å²) in [5.74, 6) is -4.73. The molecule has 0 spiro atoms. The van der Waals surface area contributed by atoms with Crippen LogP contribution in [0.1, 0.15) is 23.2 Å². The summed E-state index contributed by atoms with van der Waals surface area (Å²) in [4.78, 5) is 17.7. The monoisotopic (exact) mass is 370 g/mol. The molecule has 1 aliphatic rings. The van der Waals surface area contributed by atoms with Crippen molar-refractivity contribution in [3.05, 3.63) is 58.6 Å². The van der Waals surface area contributed by atoms with Gasteiger partial charge in [-0.1, -0.05) is 11.6 Å². The van der Waals surface area contributed by atoms with Crippen LogP contribution in [0.5, 0.6) is 5.75 Å². The van der Waals surface area contributed by atoms with Crippen LogP contribution >= 0.6 is 11.6 Å². The highest BCUT2D eigenvalue weighted by molar-refractivity contribution is 6.31. The zero-order valence-corrected chi connectivity index (χ0v) is 13.8. The SMILES string of the molecule is O=C(c1ccc(F)c(F)c1F)N1CCC[C@H](Oc2ccncc2Cl)C1. The minimum atomic E-state index is -1.65. The van der Waals surface area contributed by atoms with E-state index in [0.717, 1.165) is 12.1 Å². The molecule has 8 heteroatoms. The summed E-state index contributed by atoms with van der Waals surface area (Å²) in [6.45, 7) is 0.567. The van der Waals surface area contributed by atoms with E-state index in [2.05, 4.69) is 4.98 Å². The Morgan fingerprint density at radius 1 is 1.24 bits per heavy atom. The molecule has 1 atom stereocenters. The number of likely N-dealkylation sites (tertiary alicyclic amines) is 1. The molecule has 132 valence electrons. The molecule has 0 unspecified atom stereocenters. The van der Waals surface area contributed by atoms with Crippen molar-refractivity contribution in [1.29, 1.82) is 0 Å². The Balaban J connectivity index is 1.74. The van der Waals surface area contributed by atoms with Gasteiger partial charge in [-0.25, -0.2) is 13.2 Å². The highest BCUT2D eigenvalue weighted by Gasteiger charge is 2.29. The minimum absolute atomic E-state index is 0.190. The van der Waals surface area contributed by atoms with Crippen molar-refractivity contribution in [2.75, 3.05) is 13.1 Å². The molecule has 3 rings (SSSR count). The number of hydrogen-bond donors (Lipinski definition) is 0. The van der Waals surface area contributed by atoms with E-state index in [4.69, 9.17) is 16.3 Å². The Kier molecular flexibility index (Phi) is 5.13. The molecule has 1 saturated heterocycles. The van der Waals surface area contributed by atoms with Gasteiger partial charge in [0.15, 0.2) is 17.5 Å². The van der Waals surface area contributed by atoms with E-state index in [1.54, 1.807) is 6.07 Å². The first-order valence-corrected chi connectivity index (χ1v) is 8.04. The van der Waals surface area contributed by atoms with E-state index in [1.807, 2.05) is 0 Å². The van der Waals surface area contributed by atoms with Crippen molar-refractivity contribution in [3.8, 4) is 5.75 Å². The fourth-order valence-corrected chi connectivity index (χ4v) is 2.88. The van der Waals surface area contributed by atoms with Crippen molar-refractivity contribution in [2.24, 2.45) is 0 Å². The van der Waals surface area contributed by atoms with Crippen molar-refractivity contribution < 1.29 is 22.7 Å². The van der Waals surface area contributed by atoms with Crippen LogP contribution in [0.15, 0.2) is 30.6 Å². The first kappa shape index (κ1) is 17.5. The summed E-state index contributed by atoms with van der Waals surface area (Å²) in [6, 6.07) is 3.29. The van der Waals surface area contributed by atoms with Crippen LogP contribution < -0.4 is 4.74 Å². The highest BCUT2D eigenvalue weighted by atomic mass is 35.5. The van der Waals surface area contributed by atoms with Crippen molar-refractivity contribution in [3.63, 3.8) is 0 Å². The molecule has 0 aliphatic carbocycles. The number of aromatic nitrogens is 1. The van der Waals surface area contributed by atoms with E-state index in [1.165, 1.54) is 17.3 Å². The number of carbonyl (C=O) groups is 1. The maximum Gasteiger partial charge on any atom is 0.257 e. The zero-order valence-electron chi connectivity index (χ0n) is 13.0. The molecular weight excluding hydrogens is 357 g/mol. The molecule has 1 aromatic carbocycles. The Labute approximate surface area is 147 Å². The van der Waals surface area contributed by atoms with Crippen LogP contribution in [0.4, 0.5) is 13.2 Å². The van der Waals surface area contributed by atoms with Gasteiger partial charge in [0.1, 0.15) is 16.9 Å². The van der Waals surface area contributed by atoms with Crippen LogP contribution in [0.3, 0.4) is 0 Å². The molecule has 0 radical (unpaired) electrons. The summed E-state index contributed by atoms with van der Waals surface area (Å²) < 4.78 is 46.0. The molecule has 1 aliphatic heterocycles. The lowest BCUT2D eigenvalue weighted by molar-refractivity contribution is 0.0532. The molecule has 4 nitrogen and oxygen atoms in total. The number of carbonyl (C=O) groups excluding carboxylic acids is 1. The number of pyridine rings is 1. The van der Waals surface area contributed by atoms with Gasteiger partial charge < -0.3 is 9.64 Å².